The smallest absolute Gasteiger partial charge is 0.255 e. The van der Waals surface area contributed by atoms with Gasteiger partial charge in [-0.25, -0.2) is 0 Å². The van der Waals surface area contributed by atoms with Crippen molar-refractivity contribution in [2.24, 2.45) is 0 Å². The van der Waals surface area contributed by atoms with Gasteiger partial charge in [-0.15, -0.1) is 0 Å². The molecular weight excluding hydrogens is 234 g/mol. The van der Waals surface area contributed by atoms with Crippen LogP contribution in [-0.4, -0.2) is 15.0 Å². The van der Waals surface area contributed by atoms with Gasteiger partial charge in [-0.05, 0) is 30.8 Å². The van der Waals surface area contributed by atoms with Gasteiger partial charge >= 0.3 is 0 Å². The lowest BCUT2D eigenvalue weighted by Gasteiger charge is -2.06. The number of pyridine rings is 1. The van der Waals surface area contributed by atoms with Crippen LogP contribution in [0.15, 0.2) is 29.2 Å². The molecule has 17 heavy (non-hydrogen) atoms. The number of aromatic nitrogens is 3. The Morgan fingerprint density at radius 2 is 2.18 bits per heavy atom. The number of H-pyrrole nitrogens is 2. The summed E-state index contributed by atoms with van der Waals surface area (Å²) in [6, 6.07) is 5.67. The fraction of sp³-hybridized carbons (Fsp3) is 0.250. The van der Waals surface area contributed by atoms with Gasteiger partial charge in [-0.3, -0.25) is 14.8 Å². The van der Waals surface area contributed by atoms with Gasteiger partial charge in [0.2, 0.25) is 0 Å². The SMILES string of the molecule is CCc1[nH]c(=S)[nH]c(=O)c1Cc1ccccn1. The van der Waals surface area contributed by atoms with E-state index in [0.29, 0.717) is 16.8 Å². The van der Waals surface area contributed by atoms with Crippen LogP contribution in [0.2, 0.25) is 0 Å². The Morgan fingerprint density at radius 3 is 2.82 bits per heavy atom. The molecule has 2 heterocycles. The Labute approximate surface area is 104 Å². The number of nitrogens with one attached hydrogen (secondary N) is 2. The average molecular weight is 247 g/mol. The number of aromatic amines is 2. The van der Waals surface area contributed by atoms with Gasteiger partial charge in [0.05, 0.1) is 0 Å². The zero-order chi connectivity index (χ0) is 12.3. The van der Waals surface area contributed by atoms with Crippen LogP contribution in [0.4, 0.5) is 0 Å². The second-order valence-corrected chi connectivity index (χ2v) is 4.13. The number of hydrogen-bond acceptors (Lipinski definition) is 3. The summed E-state index contributed by atoms with van der Waals surface area (Å²) in [7, 11) is 0. The molecule has 2 aromatic rings. The quantitative estimate of drug-likeness (QED) is 0.815. The molecule has 0 radical (unpaired) electrons. The maximum absolute atomic E-state index is 11.9. The second-order valence-electron chi connectivity index (χ2n) is 3.72. The predicted molar refractivity (Wildman–Crippen MR) is 68.7 cm³/mol. The van der Waals surface area contributed by atoms with Crippen molar-refractivity contribution >= 4 is 12.2 Å². The standard InChI is InChI=1S/C12H13N3OS/c1-2-10-9(11(16)15-12(17)14-10)7-8-5-3-4-6-13-8/h3-6H,2,7H2,1H3,(H2,14,15,16,17). The molecule has 88 valence electrons. The Kier molecular flexibility index (Phi) is 3.49. The minimum Gasteiger partial charge on any atom is -0.336 e. The van der Waals surface area contributed by atoms with Crippen molar-refractivity contribution in [3.05, 3.63) is 56.5 Å². The highest BCUT2D eigenvalue weighted by atomic mass is 32.1. The molecule has 0 saturated heterocycles. The van der Waals surface area contributed by atoms with Crippen LogP contribution in [0.5, 0.6) is 0 Å². The van der Waals surface area contributed by atoms with E-state index in [0.717, 1.165) is 17.8 Å². The Hall–Kier alpha value is -1.75. The summed E-state index contributed by atoms with van der Waals surface area (Å²) in [5, 5.41) is 0. The first-order chi connectivity index (χ1) is 8.20. The zero-order valence-electron chi connectivity index (χ0n) is 9.49. The van der Waals surface area contributed by atoms with E-state index in [1.54, 1.807) is 6.20 Å². The summed E-state index contributed by atoms with van der Waals surface area (Å²) in [5.41, 5.74) is 2.33. The maximum Gasteiger partial charge on any atom is 0.255 e. The average Bonchev–Trinajstić information content (AvgIpc) is 2.33. The molecule has 0 aromatic carbocycles. The van der Waals surface area contributed by atoms with Crippen molar-refractivity contribution in [1.82, 2.24) is 15.0 Å². The monoisotopic (exact) mass is 247 g/mol. The van der Waals surface area contributed by atoms with Gasteiger partial charge in [-0.2, -0.15) is 0 Å². The molecule has 2 aromatic heterocycles. The van der Waals surface area contributed by atoms with Crippen LogP contribution in [0.25, 0.3) is 0 Å². The van der Waals surface area contributed by atoms with E-state index in [4.69, 9.17) is 12.2 Å². The molecule has 0 saturated carbocycles. The van der Waals surface area contributed by atoms with Crippen molar-refractivity contribution in [3.8, 4) is 0 Å². The molecule has 5 heteroatoms. The third-order valence-corrected chi connectivity index (χ3v) is 2.77. The largest absolute Gasteiger partial charge is 0.336 e. The highest BCUT2D eigenvalue weighted by molar-refractivity contribution is 7.71. The first-order valence-corrected chi connectivity index (χ1v) is 5.85. The molecule has 0 aliphatic rings. The van der Waals surface area contributed by atoms with Crippen molar-refractivity contribution in [3.63, 3.8) is 0 Å². The van der Waals surface area contributed by atoms with Crippen LogP contribution < -0.4 is 5.56 Å². The van der Waals surface area contributed by atoms with Gasteiger partial charge in [0.25, 0.3) is 5.56 Å². The first-order valence-electron chi connectivity index (χ1n) is 5.45. The minimum absolute atomic E-state index is 0.128. The third-order valence-electron chi connectivity index (χ3n) is 2.57. The molecule has 4 nitrogen and oxygen atoms in total. The molecule has 0 fully saturated rings. The lowest BCUT2D eigenvalue weighted by molar-refractivity contribution is 0.896. The zero-order valence-corrected chi connectivity index (χ0v) is 10.3. The van der Waals surface area contributed by atoms with E-state index < -0.39 is 0 Å². The predicted octanol–water partition coefficient (Wildman–Crippen LogP) is 1.98. The molecule has 0 unspecified atom stereocenters. The van der Waals surface area contributed by atoms with E-state index in [1.807, 2.05) is 25.1 Å². The van der Waals surface area contributed by atoms with Crippen molar-refractivity contribution < 1.29 is 0 Å². The Bertz CT molecular complexity index is 616. The van der Waals surface area contributed by atoms with Crippen LogP contribution in [0.3, 0.4) is 0 Å². The number of aryl methyl sites for hydroxylation is 1. The van der Waals surface area contributed by atoms with Crippen LogP contribution >= 0.6 is 12.2 Å². The normalized spacial score (nSPS) is 10.4. The van der Waals surface area contributed by atoms with Gasteiger partial charge in [0.1, 0.15) is 0 Å². The molecular formula is C12H13N3OS. The van der Waals surface area contributed by atoms with E-state index in [-0.39, 0.29) is 5.56 Å². The van der Waals surface area contributed by atoms with Crippen molar-refractivity contribution in [2.45, 2.75) is 19.8 Å². The highest BCUT2D eigenvalue weighted by Gasteiger charge is 2.08. The topological polar surface area (TPSA) is 61.5 Å². The highest BCUT2D eigenvalue weighted by Crippen LogP contribution is 2.07. The summed E-state index contributed by atoms with van der Waals surface area (Å²) >= 11 is 4.95. The number of hydrogen-bond donors (Lipinski definition) is 2. The third kappa shape index (κ3) is 2.68. The van der Waals surface area contributed by atoms with Crippen molar-refractivity contribution in [1.29, 1.82) is 0 Å². The van der Waals surface area contributed by atoms with Gasteiger partial charge in [-0.1, -0.05) is 13.0 Å². The van der Waals surface area contributed by atoms with E-state index in [9.17, 15) is 4.79 Å². The van der Waals surface area contributed by atoms with Crippen LogP contribution in [0, 0.1) is 4.77 Å². The summed E-state index contributed by atoms with van der Waals surface area (Å²) in [6.45, 7) is 1.99. The molecule has 0 amide bonds. The first kappa shape index (κ1) is 11.7. The molecule has 0 spiro atoms. The molecule has 0 aliphatic heterocycles. The molecule has 0 atom stereocenters. The van der Waals surface area contributed by atoms with Gasteiger partial charge in [0, 0.05) is 29.6 Å². The molecule has 0 aliphatic carbocycles. The number of nitrogens with zero attached hydrogens (tertiary/aromatic N) is 1. The van der Waals surface area contributed by atoms with Crippen molar-refractivity contribution in [2.75, 3.05) is 0 Å². The lowest BCUT2D eigenvalue weighted by atomic mass is 10.1. The summed E-state index contributed by atoms with van der Waals surface area (Å²) < 4.78 is 0.372. The van der Waals surface area contributed by atoms with E-state index in [1.165, 1.54) is 0 Å². The maximum atomic E-state index is 11.9. The molecule has 0 bridgehead atoms. The number of rotatable bonds is 3. The van der Waals surface area contributed by atoms with Crippen LogP contribution in [-0.2, 0) is 12.8 Å². The van der Waals surface area contributed by atoms with Crippen LogP contribution in [0.1, 0.15) is 23.9 Å². The summed E-state index contributed by atoms with van der Waals surface area (Å²) in [5.74, 6) is 0. The van der Waals surface area contributed by atoms with Gasteiger partial charge < -0.3 is 4.98 Å². The lowest BCUT2D eigenvalue weighted by Crippen LogP contribution is -2.18. The van der Waals surface area contributed by atoms with E-state index >= 15 is 0 Å². The molecule has 2 N–H and O–H groups in total. The molecule has 2 rings (SSSR count). The fourth-order valence-electron chi connectivity index (χ4n) is 1.73. The second kappa shape index (κ2) is 5.05. The summed E-state index contributed by atoms with van der Waals surface area (Å²) in [4.78, 5) is 21.7. The van der Waals surface area contributed by atoms with Gasteiger partial charge in [0.15, 0.2) is 4.77 Å². The Balaban J connectivity index is 2.46. The summed E-state index contributed by atoms with van der Waals surface area (Å²) in [6.07, 6.45) is 2.99. The van der Waals surface area contributed by atoms with E-state index in [2.05, 4.69) is 15.0 Å². The Morgan fingerprint density at radius 1 is 1.35 bits per heavy atom. The minimum atomic E-state index is -0.128. The fourth-order valence-corrected chi connectivity index (χ4v) is 1.95.